The molecule has 1 N–H and O–H groups in total. The number of ether oxygens (including phenoxy) is 1. The largest absolute Gasteiger partial charge is 0.495 e. The summed E-state index contributed by atoms with van der Waals surface area (Å²) in [5.74, 6) is -0.532. The lowest BCUT2D eigenvalue weighted by Gasteiger charge is -2.08. The molecule has 0 aliphatic heterocycles. The van der Waals surface area contributed by atoms with Gasteiger partial charge in [0.2, 0.25) is 0 Å². The Morgan fingerprint density at radius 2 is 2.23 bits per heavy atom. The van der Waals surface area contributed by atoms with Gasteiger partial charge in [0.05, 0.1) is 7.11 Å². The van der Waals surface area contributed by atoms with Crippen molar-refractivity contribution in [3.8, 4) is 5.75 Å². The fraction of sp³-hybridized carbons (Fsp3) is 0.222. The van der Waals surface area contributed by atoms with Crippen LogP contribution in [0.25, 0.3) is 0 Å². The number of thioether (sulfide) groups is 1. The van der Waals surface area contributed by atoms with E-state index in [0.29, 0.717) is 5.75 Å². The molecule has 1 rings (SSSR count). The summed E-state index contributed by atoms with van der Waals surface area (Å²) in [4.78, 5) is 11.6. The molecule has 1 aromatic carbocycles. The number of hydrogen-bond acceptors (Lipinski definition) is 3. The van der Waals surface area contributed by atoms with Crippen molar-refractivity contribution < 1.29 is 14.6 Å². The molecule has 0 amide bonds. The van der Waals surface area contributed by atoms with E-state index >= 15 is 0 Å². The second-order valence-corrected chi connectivity index (χ2v) is 3.19. The van der Waals surface area contributed by atoms with Crippen LogP contribution in [0.3, 0.4) is 0 Å². The second kappa shape index (κ2) is 4.18. The van der Waals surface area contributed by atoms with E-state index in [9.17, 15) is 4.79 Å². The molecule has 0 saturated carbocycles. The van der Waals surface area contributed by atoms with Gasteiger partial charge in [0, 0.05) is 4.90 Å². The molecule has 1 aromatic rings. The molecule has 0 aromatic heterocycles. The minimum atomic E-state index is -0.965. The zero-order valence-electron chi connectivity index (χ0n) is 7.40. The highest BCUT2D eigenvalue weighted by molar-refractivity contribution is 7.98. The van der Waals surface area contributed by atoms with Crippen molar-refractivity contribution in [2.75, 3.05) is 13.4 Å². The van der Waals surface area contributed by atoms with Gasteiger partial charge in [0.25, 0.3) is 0 Å². The van der Waals surface area contributed by atoms with Crippen LogP contribution in [0.15, 0.2) is 23.1 Å². The first-order valence-electron chi connectivity index (χ1n) is 3.65. The number of carbonyl (C=O) groups is 1. The quantitative estimate of drug-likeness (QED) is 0.756. The van der Waals surface area contributed by atoms with E-state index in [0.717, 1.165) is 4.90 Å². The Bertz CT molecular complexity index is 323. The van der Waals surface area contributed by atoms with Crippen molar-refractivity contribution in [3.63, 3.8) is 0 Å². The van der Waals surface area contributed by atoms with Gasteiger partial charge in [0.1, 0.15) is 11.3 Å². The van der Waals surface area contributed by atoms with Gasteiger partial charge in [-0.15, -0.1) is 11.8 Å². The normalized spacial score (nSPS) is 9.69. The highest BCUT2D eigenvalue weighted by atomic mass is 32.2. The van der Waals surface area contributed by atoms with E-state index in [2.05, 4.69) is 0 Å². The van der Waals surface area contributed by atoms with Crippen molar-refractivity contribution in [1.29, 1.82) is 0 Å². The Morgan fingerprint density at radius 3 is 2.69 bits per heavy atom. The van der Waals surface area contributed by atoms with E-state index in [1.165, 1.54) is 24.9 Å². The molecule has 13 heavy (non-hydrogen) atoms. The molecule has 0 aliphatic carbocycles. The average molecular weight is 198 g/mol. The van der Waals surface area contributed by atoms with Crippen LogP contribution in [0.5, 0.6) is 5.75 Å². The molecule has 4 heteroatoms. The molecule has 0 heterocycles. The van der Waals surface area contributed by atoms with Crippen LogP contribution in [-0.2, 0) is 0 Å². The Kier molecular flexibility index (Phi) is 3.19. The van der Waals surface area contributed by atoms with Crippen LogP contribution in [0.4, 0.5) is 0 Å². The number of para-hydroxylation sites is 1. The molecular formula is C9H10O3S. The molecule has 0 fully saturated rings. The molecule has 3 nitrogen and oxygen atoms in total. The van der Waals surface area contributed by atoms with Gasteiger partial charge in [-0.25, -0.2) is 4.79 Å². The standard InChI is InChI=1S/C9H10O3S/c1-12-8-6(9(10)11)4-3-5-7(8)13-2/h3-5H,1-2H3,(H,10,11). The second-order valence-electron chi connectivity index (χ2n) is 2.35. The smallest absolute Gasteiger partial charge is 0.339 e. The molecule has 0 atom stereocenters. The maximum Gasteiger partial charge on any atom is 0.339 e. The first-order valence-corrected chi connectivity index (χ1v) is 4.87. The van der Waals surface area contributed by atoms with Gasteiger partial charge in [-0.05, 0) is 18.4 Å². The van der Waals surface area contributed by atoms with E-state index in [1.54, 1.807) is 6.07 Å². The Labute approximate surface area is 80.7 Å². The van der Waals surface area contributed by atoms with E-state index < -0.39 is 5.97 Å². The maximum atomic E-state index is 10.8. The Hall–Kier alpha value is -1.16. The highest BCUT2D eigenvalue weighted by Crippen LogP contribution is 2.30. The topological polar surface area (TPSA) is 46.5 Å². The third-order valence-corrected chi connectivity index (χ3v) is 2.39. The monoisotopic (exact) mass is 198 g/mol. The highest BCUT2D eigenvalue weighted by Gasteiger charge is 2.13. The summed E-state index contributed by atoms with van der Waals surface area (Å²) in [5, 5.41) is 8.83. The predicted molar refractivity (Wildman–Crippen MR) is 51.7 cm³/mol. The average Bonchev–Trinajstić information content (AvgIpc) is 2.16. The number of carboxylic acids is 1. The summed E-state index contributed by atoms with van der Waals surface area (Å²) in [7, 11) is 1.47. The molecular weight excluding hydrogens is 188 g/mol. The SMILES string of the molecule is COc1c(SC)cccc1C(=O)O. The summed E-state index contributed by atoms with van der Waals surface area (Å²) >= 11 is 1.46. The lowest BCUT2D eigenvalue weighted by Crippen LogP contribution is -2.00. The lowest BCUT2D eigenvalue weighted by atomic mass is 10.2. The fourth-order valence-corrected chi connectivity index (χ4v) is 1.65. The number of aromatic carboxylic acids is 1. The summed E-state index contributed by atoms with van der Waals surface area (Å²) < 4.78 is 5.03. The maximum absolute atomic E-state index is 10.8. The fourth-order valence-electron chi connectivity index (χ4n) is 1.06. The van der Waals surface area contributed by atoms with Crippen molar-refractivity contribution in [2.45, 2.75) is 4.90 Å². The number of rotatable bonds is 3. The molecule has 0 aliphatic rings. The van der Waals surface area contributed by atoms with Crippen LogP contribution in [0.1, 0.15) is 10.4 Å². The van der Waals surface area contributed by atoms with Gasteiger partial charge in [-0.3, -0.25) is 0 Å². The third-order valence-electron chi connectivity index (χ3n) is 1.63. The minimum Gasteiger partial charge on any atom is -0.495 e. The predicted octanol–water partition coefficient (Wildman–Crippen LogP) is 2.12. The van der Waals surface area contributed by atoms with Crippen LogP contribution in [-0.4, -0.2) is 24.4 Å². The number of carboxylic acid groups (broad SMARTS) is 1. The summed E-state index contributed by atoms with van der Waals surface area (Å²) in [6, 6.07) is 5.06. The molecule has 0 bridgehead atoms. The first-order chi connectivity index (χ1) is 6.20. The van der Waals surface area contributed by atoms with Gasteiger partial charge in [-0.2, -0.15) is 0 Å². The number of hydrogen-bond donors (Lipinski definition) is 1. The zero-order chi connectivity index (χ0) is 9.84. The van der Waals surface area contributed by atoms with Crippen LogP contribution in [0, 0.1) is 0 Å². The van der Waals surface area contributed by atoms with Gasteiger partial charge >= 0.3 is 5.97 Å². The van der Waals surface area contributed by atoms with Crippen molar-refractivity contribution in [3.05, 3.63) is 23.8 Å². The molecule has 0 unspecified atom stereocenters. The molecule has 0 spiro atoms. The van der Waals surface area contributed by atoms with Crippen molar-refractivity contribution >= 4 is 17.7 Å². The minimum absolute atomic E-state index is 0.203. The Morgan fingerprint density at radius 1 is 1.54 bits per heavy atom. The first kappa shape index (κ1) is 9.92. The van der Waals surface area contributed by atoms with Crippen molar-refractivity contribution in [1.82, 2.24) is 0 Å². The van der Waals surface area contributed by atoms with Gasteiger partial charge in [-0.1, -0.05) is 6.07 Å². The van der Waals surface area contributed by atoms with Crippen molar-refractivity contribution in [2.24, 2.45) is 0 Å². The van der Waals surface area contributed by atoms with E-state index in [1.807, 2.05) is 12.3 Å². The van der Waals surface area contributed by atoms with E-state index in [4.69, 9.17) is 9.84 Å². The Balaban J connectivity index is 3.27. The zero-order valence-corrected chi connectivity index (χ0v) is 8.22. The summed E-state index contributed by atoms with van der Waals surface area (Å²) in [6.45, 7) is 0. The molecule has 0 radical (unpaired) electrons. The summed E-state index contributed by atoms with van der Waals surface area (Å²) in [5.41, 5.74) is 0.203. The lowest BCUT2D eigenvalue weighted by molar-refractivity contribution is 0.0693. The van der Waals surface area contributed by atoms with Gasteiger partial charge < -0.3 is 9.84 Å². The molecule has 70 valence electrons. The van der Waals surface area contributed by atoms with Crippen LogP contribution < -0.4 is 4.74 Å². The van der Waals surface area contributed by atoms with Gasteiger partial charge in [0.15, 0.2) is 0 Å². The summed E-state index contributed by atoms with van der Waals surface area (Å²) in [6.07, 6.45) is 1.88. The van der Waals surface area contributed by atoms with Crippen LogP contribution in [0.2, 0.25) is 0 Å². The number of methoxy groups -OCH3 is 1. The molecule has 0 saturated heterocycles. The number of benzene rings is 1. The van der Waals surface area contributed by atoms with E-state index in [-0.39, 0.29) is 5.56 Å². The third kappa shape index (κ3) is 1.95. The van der Waals surface area contributed by atoms with Crippen LogP contribution >= 0.6 is 11.8 Å².